The van der Waals surface area contributed by atoms with Gasteiger partial charge in [-0.3, -0.25) is 13.9 Å². The standard InChI is InChI=1S/C17H23NO5S/c1-3-22-17(19)16-14-10-9-12(18(14)2)11-15(16)23-24(20,21)13-7-5-4-6-8-13/h4-8,12,14-16H,3,9-11H2,1-2H3. The van der Waals surface area contributed by atoms with E-state index in [0.29, 0.717) is 6.42 Å². The summed E-state index contributed by atoms with van der Waals surface area (Å²) in [5, 5.41) is 0. The van der Waals surface area contributed by atoms with E-state index in [4.69, 9.17) is 8.92 Å². The number of carbonyl (C=O) groups is 1. The number of carbonyl (C=O) groups excluding carboxylic acids is 1. The zero-order valence-corrected chi connectivity index (χ0v) is 14.7. The Kier molecular flexibility index (Phi) is 4.94. The lowest BCUT2D eigenvalue weighted by molar-refractivity contribution is -0.156. The first-order valence-corrected chi connectivity index (χ1v) is 9.71. The van der Waals surface area contributed by atoms with Gasteiger partial charge in [0.2, 0.25) is 0 Å². The van der Waals surface area contributed by atoms with Crippen molar-refractivity contribution < 1.29 is 22.1 Å². The predicted molar refractivity (Wildman–Crippen MR) is 87.8 cm³/mol. The molecule has 7 heteroatoms. The molecule has 1 aromatic carbocycles. The number of esters is 1. The van der Waals surface area contributed by atoms with E-state index in [2.05, 4.69) is 4.90 Å². The first-order chi connectivity index (χ1) is 11.4. The fraction of sp³-hybridized carbons (Fsp3) is 0.588. The molecule has 0 saturated carbocycles. The smallest absolute Gasteiger partial charge is 0.313 e. The van der Waals surface area contributed by atoms with Gasteiger partial charge in [0, 0.05) is 12.1 Å². The minimum Gasteiger partial charge on any atom is -0.466 e. The van der Waals surface area contributed by atoms with Crippen molar-refractivity contribution in [3.8, 4) is 0 Å². The number of hydrogen-bond donors (Lipinski definition) is 0. The van der Waals surface area contributed by atoms with Gasteiger partial charge >= 0.3 is 5.97 Å². The summed E-state index contributed by atoms with van der Waals surface area (Å²) in [5.41, 5.74) is 0. The SMILES string of the molecule is CCOC(=O)C1C(OS(=O)(=O)c2ccccc2)CC2CCC1N2C. The lowest BCUT2D eigenvalue weighted by Gasteiger charge is -2.40. The van der Waals surface area contributed by atoms with Crippen molar-refractivity contribution in [3.63, 3.8) is 0 Å². The summed E-state index contributed by atoms with van der Waals surface area (Å²) in [6.45, 7) is 2.02. The summed E-state index contributed by atoms with van der Waals surface area (Å²) in [6.07, 6.45) is 1.64. The van der Waals surface area contributed by atoms with Gasteiger partial charge in [-0.25, -0.2) is 0 Å². The van der Waals surface area contributed by atoms with Crippen LogP contribution in [0.15, 0.2) is 35.2 Å². The maximum atomic E-state index is 12.6. The Balaban J connectivity index is 1.86. The van der Waals surface area contributed by atoms with Crippen molar-refractivity contribution in [3.05, 3.63) is 30.3 Å². The van der Waals surface area contributed by atoms with E-state index in [-0.39, 0.29) is 29.6 Å². The van der Waals surface area contributed by atoms with Crippen molar-refractivity contribution in [1.82, 2.24) is 4.90 Å². The van der Waals surface area contributed by atoms with Crippen LogP contribution in [0.4, 0.5) is 0 Å². The Morgan fingerprint density at radius 3 is 2.62 bits per heavy atom. The Hall–Kier alpha value is -1.44. The van der Waals surface area contributed by atoms with Gasteiger partial charge in [-0.2, -0.15) is 8.42 Å². The quantitative estimate of drug-likeness (QED) is 0.594. The van der Waals surface area contributed by atoms with E-state index in [1.165, 1.54) is 12.1 Å². The van der Waals surface area contributed by atoms with Gasteiger partial charge in [0.05, 0.1) is 23.5 Å². The molecule has 2 heterocycles. The number of ether oxygens (including phenoxy) is 1. The van der Waals surface area contributed by atoms with Crippen molar-refractivity contribution in [2.24, 2.45) is 5.92 Å². The average molecular weight is 353 g/mol. The molecule has 0 radical (unpaired) electrons. The fourth-order valence-electron chi connectivity index (χ4n) is 3.87. The number of benzene rings is 1. The van der Waals surface area contributed by atoms with Gasteiger partial charge in [0.25, 0.3) is 10.1 Å². The second kappa shape index (κ2) is 6.82. The predicted octanol–water partition coefficient (Wildman–Crippen LogP) is 1.81. The molecule has 4 atom stereocenters. The van der Waals surface area contributed by atoms with Crippen molar-refractivity contribution in [1.29, 1.82) is 0 Å². The summed E-state index contributed by atoms with van der Waals surface area (Å²) >= 11 is 0. The first kappa shape index (κ1) is 17.4. The summed E-state index contributed by atoms with van der Waals surface area (Å²) < 4.78 is 35.8. The highest BCUT2D eigenvalue weighted by Crippen LogP contribution is 2.41. The van der Waals surface area contributed by atoms with Gasteiger partial charge in [-0.1, -0.05) is 18.2 Å². The number of piperidine rings is 1. The van der Waals surface area contributed by atoms with Crippen LogP contribution in [0.3, 0.4) is 0 Å². The Morgan fingerprint density at radius 2 is 1.96 bits per heavy atom. The molecular formula is C17H23NO5S. The van der Waals surface area contributed by atoms with Crippen LogP contribution in [0.5, 0.6) is 0 Å². The molecule has 2 aliphatic heterocycles. The molecule has 2 fully saturated rings. The van der Waals surface area contributed by atoms with Crippen LogP contribution in [0.2, 0.25) is 0 Å². The molecule has 1 aromatic rings. The van der Waals surface area contributed by atoms with Crippen LogP contribution in [-0.4, -0.2) is 51.1 Å². The Labute approximate surface area is 142 Å². The molecule has 4 unspecified atom stereocenters. The zero-order chi connectivity index (χ0) is 17.3. The van der Waals surface area contributed by atoms with Crippen LogP contribution in [0.1, 0.15) is 26.2 Å². The number of hydrogen-bond acceptors (Lipinski definition) is 6. The molecule has 0 amide bonds. The molecule has 2 aliphatic rings. The van der Waals surface area contributed by atoms with E-state index in [1.54, 1.807) is 25.1 Å². The topological polar surface area (TPSA) is 72.9 Å². The summed E-state index contributed by atoms with van der Waals surface area (Å²) in [7, 11) is -1.92. The molecular weight excluding hydrogens is 330 g/mol. The number of rotatable bonds is 5. The van der Waals surface area contributed by atoms with E-state index in [9.17, 15) is 13.2 Å². The van der Waals surface area contributed by atoms with Crippen molar-refractivity contribution in [2.45, 2.75) is 49.3 Å². The Bertz CT molecular complexity index is 690. The summed E-state index contributed by atoms with van der Waals surface area (Å²) in [6, 6.07) is 8.26. The van der Waals surface area contributed by atoms with Crippen LogP contribution in [0, 0.1) is 5.92 Å². The Morgan fingerprint density at radius 1 is 1.25 bits per heavy atom. The highest BCUT2D eigenvalue weighted by molar-refractivity contribution is 7.86. The van der Waals surface area contributed by atoms with E-state index < -0.39 is 22.1 Å². The van der Waals surface area contributed by atoms with Crippen LogP contribution < -0.4 is 0 Å². The largest absolute Gasteiger partial charge is 0.466 e. The van der Waals surface area contributed by atoms with Crippen LogP contribution in [-0.2, 0) is 23.8 Å². The maximum Gasteiger partial charge on any atom is 0.313 e. The minimum absolute atomic E-state index is 0.0289. The normalized spacial score (nSPS) is 30.2. The highest BCUT2D eigenvalue weighted by Gasteiger charge is 2.51. The molecule has 2 saturated heterocycles. The second-order valence-corrected chi connectivity index (χ2v) is 7.95. The molecule has 0 spiro atoms. The van der Waals surface area contributed by atoms with Crippen LogP contribution >= 0.6 is 0 Å². The van der Waals surface area contributed by atoms with E-state index >= 15 is 0 Å². The highest BCUT2D eigenvalue weighted by atomic mass is 32.2. The molecule has 0 aliphatic carbocycles. The molecule has 0 N–H and O–H groups in total. The molecule has 0 aromatic heterocycles. The second-order valence-electron chi connectivity index (χ2n) is 6.38. The van der Waals surface area contributed by atoms with Crippen molar-refractivity contribution in [2.75, 3.05) is 13.7 Å². The molecule has 132 valence electrons. The van der Waals surface area contributed by atoms with Crippen molar-refractivity contribution >= 4 is 16.1 Å². The third-order valence-corrected chi connectivity index (χ3v) is 6.41. The first-order valence-electron chi connectivity index (χ1n) is 8.31. The third-order valence-electron chi connectivity index (χ3n) is 5.06. The molecule has 3 rings (SSSR count). The zero-order valence-electron chi connectivity index (χ0n) is 13.9. The number of nitrogens with zero attached hydrogens (tertiary/aromatic N) is 1. The minimum atomic E-state index is -3.90. The van der Waals surface area contributed by atoms with E-state index in [1.807, 2.05) is 7.05 Å². The van der Waals surface area contributed by atoms with E-state index in [0.717, 1.165) is 12.8 Å². The lowest BCUT2D eigenvalue weighted by atomic mass is 9.88. The van der Waals surface area contributed by atoms with Gasteiger partial charge in [0.15, 0.2) is 0 Å². The molecule has 2 bridgehead atoms. The summed E-state index contributed by atoms with van der Waals surface area (Å²) in [4.78, 5) is 14.7. The monoisotopic (exact) mass is 353 g/mol. The maximum absolute atomic E-state index is 12.6. The van der Waals surface area contributed by atoms with Gasteiger partial charge in [-0.15, -0.1) is 0 Å². The third kappa shape index (κ3) is 3.20. The van der Waals surface area contributed by atoms with Gasteiger partial charge < -0.3 is 4.74 Å². The van der Waals surface area contributed by atoms with Crippen LogP contribution in [0.25, 0.3) is 0 Å². The summed E-state index contributed by atoms with van der Waals surface area (Å²) in [5.74, 6) is -0.949. The van der Waals surface area contributed by atoms with Gasteiger partial charge in [-0.05, 0) is 45.4 Å². The fourth-order valence-corrected chi connectivity index (χ4v) is 5.00. The number of fused-ring (bicyclic) bond motifs is 2. The average Bonchev–Trinajstić information content (AvgIpc) is 2.80. The molecule has 24 heavy (non-hydrogen) atoms. The van der Waals surface area contributed by atoms with Gasteiger partial charge in [0.1, 0.15) is 0 Å². The lowest BCUT2D eigenvalue weighted by Crippen LogP contribution is -2.53. The molecule has 6 nitrogen and oxygen atoms in total.